The first-order chi connectivity index (χ1) is 12.4. The number of benzene rings is 1. The number of rotatable bonds is 5. The molecule has 136 valence electrons. The Hall–Kier alpha value is -3.36. The lowest BCUT2D eigenvalue weighted by atomic mass is 10.1. The molecule has 0 radical (unpaired) electrons. The van der Waals surface area contributed by atoms with E-state index < -0.39 is 12.0 Å². The number of likely N-dealkylation sites (N-methyl/N-ethyl adjacent to an activating group) is 1. The van der Waals surface area contributed by atoms with Gasteiger partial charge in [-0.1, -0.05) is 0 Å². The molecule has 1 atom stereocenters. The maximum atomic E-state index is 12.3. The van der Waals surface area contributed by atoms with Crippen molar-refractivity contribution in [2.75, 3.05) is 12.4 Å². The molecular formula is C17H19N5O4. The van der Waals surface area contributed by atoms with E-state index >= 15 is 0 Å². The van der Waals surface area contributed by atoms with Gasteiger partial charge in [0, 0.05) is 37.2 Å². The van der Waals surface area contributed by atoms with Crippen LogP contribution in [0.25, 0.3) is 0 Å². The summed E-state index contributed by atoms with van der Waals surface area (Å²) in [7, 11) is 1.61. The number of H-pyrrole nitrogens is 1. The van der Waals surface area contributed by atoms with E-state index in [0.717, 1.165) is 5.56 Å². The van der Waals surface area contributed by atoms with Crippen LogP contribution in [0.2, 0.25) is 0 Å². The third-order valence-corrected chi connectivity index (χ3v) is 4.13. The molecule has 1 aromatic carbocycles. The first kappa shape index (κ1) is 17.5. The van der Waals surface area contributed by atoms with Gasteiger partial charge in [-0.05, 0) is 23.8 Å². The summed E-state index contributed by atoms with van der Waals surface area (Å²) in [5.74, 6) is -0.963. The van der Waals surface area contributed by atoms with E-state index in [9.17, 15) is 14.4 Å². The summed E-state index contributed by atoms with van der Waals surface area (Å²) < 4.78 is 0. The highest BCUT2D eigenvalue weighted by Gasteiger charge is 2.29. The molecule has 0 fully saturated rings. The van der Waals surface area contributed by atoms with Crippen molar-refractivity contribution in [3.8, 4) is 0 Å². The molecule has 2 amide bonds. The van der Waals surface area contributed by atoms with Crippen LogP contribution in [0.5, 0.6) is 0 Å². The normalized spacial score (nSPS) is 16.4. The number of hydrogen-bond acceptors (Lipinski definition) is 5. The van der Waals surface area contributed by atoms with Crippen molar-refractivity contribution in [1.29, 1.82) is 0 Å². The van der Waals surface area contributed by atoms with Crippen LogP contribution >= 0.6 is 0 Å². The van der Waals surface area contributed by atoms with Gasteiger partial charge in [-0.2, -0.15) is 0 Å². The van der Waals surface area contributed by atoms with Crippen molar-refractivity contribution in [1.82, 2.24) is 20.2 Å². The van der Waals surface area contributed by atoms with Crippen molar-refractivity contribution in [3.05, 3.63) is 47.5 Å². The maximum Gasteiger partial charge on any atom is 0.305 e. The minimum atomic E-state index is -1.05. The minimum Gasteiger partial charge on any atom is -0.481 e. The molecule has 2 aromatic rings. The summed E-state index contributed by atoms with van der Waals surface area (Å²) in [5.41, 5.74) is 1.85. The van der Waals surface area contributed by atoms with Gasteiger partial charge in [-0.25, -0.2) is 4.98 Å². The molecule has 9 nitrogen and oxygen atoms in total. The molecule has 0 saturated heterocycles. The standard InChI is InChI=1S/C17H19N5O4/c1-22-9-11-6-10(16(25)20-8-14-18-4-5-19-14)2-3-12(11)21-13(17(22)26)7-15(23)24/h2-6,13,21H,7-9H2,1H3,(H,18,19)(H,20,25)(H,23,24). The van der Waals surface area contributed by atoms with Gasteiger partial charge in [0.25, 0.3) is 5.91 Å². The van der Waals surface area contributed by atoms with E-state index in [0.29, 0.717) is 17.1 Å². The number of carboxylic acid groups (broad SMARTS) is 1. The summed E-state index contributed by atoms with van der Waals surface area (Å²) in [6.45, 7) is 0.566. The van der Waals surface area contributed by atoms with Crippen LogP contribution in [0.1, 0.15) is 28.2 Å². The molecule has 1 aliphatic heterocycles. The fourth-order valence-corrected chi connectivity index (χ4v) is 2.83. The first-order valence-electron chi connectivity index (χ1n) is 8.06. The lowest BCUT2D eigenvalue weighted by Crippen LogP contribution is -2.39. The summed E-state index contributed by atoms with van der Waals surface area (Å²) in [5, 5.41) is 14.7. The fourth-order valence-electron chi connectivity index (χ4n) is 2.83. The van der Waals surface area contributed by atoms with E-state index in [2.05, 4.69) is 20.6 Å². The van der Waals surface area contributed by atoms with Crippen molar-refractivity contribution in [3.63, 3.8) is 0 Å². The average molecular weight is 357 g/mol. The molecule has 1 unspecified atom stereocenters. The summed E-state index contributed by atoms with van der Waals surface area (Å²) in [4.78, 5) is 44.0. The molecule has 2 heterocycles. The van der Waals surface area contributed by atoms with E-state index in [1.54, 1.807) is 37.6 Å². The molecule has 0 saturated carbocycles. The Morgan fingerprint density at radius 3 is 2.92 bits per heavy atom. The molecule has 0 aliphatic carbocycles. The number of hydrogen-bond donors (Lipinski definition) is 4. The zero-order chi connectivity index (χ0) is 18.7. The summed E-state index contributed by atoms with van der Waals surface area (Å²) in [6, 6.07) is 4.19. The Labute approximate surface area is 149 Å². The molecule has 0 bridgehead atoms. The number of carbonyl (C=O) groups excluding carboxylic acids is 2. The number of imidazole rings is 1. The molecule has 0 spiro atoms. The van der Waals surface area contributed by atoms with Gasteiger partial charge in [-0.15, -0.1) is 0 Å². The van der Waals surface area contributed by atoms with Crippen LogP contribution in [-0.2, 0) is 22.7 Å². The number of nitrogens with one attached hydrogen (secondary N) is 3. The van der Waals surface area contributed by atoms with Crippen LogP contribution in [0.3, 0.4) is 0 Å². The van der Waals surface area contributed by atoms with Gasteiger partial charge in [-0.3, -0.25) is 14.4 Å². The highest BCUT2D eigenvalue weighted by Crippen LogP contribution is 2.24. The first-order valence-corrected chi connectivity index (χ1v) is 8.06. The third kappa shape index (κ3) is 3.82. The monoisotopic (exact) mass is 357 g/mol. The van der Waals surface area contributed by atoms with Crippen LogP contribution < -0.4 is 10.6 Å². The number of fused-ring (bicyclic) bond motifs is 1. The largest absolute Gasteiger partial charge is 0.481 e. The Morgan fingerprint density at radius 1 is 1.42 bits per heavy atom. The topological polar surface area (TPSA) is 127 Å². The second-order valence-electron chi connectivity index (χ2n) is 6.08. The second-order valence-corrected chi connectivity index (χ2v) is 6.08. The number of nitrogens with zero attached hydrogens (tertiary/aromatic N) is 2. The quantitative estimate of drug-likeness (QED) is 0.619. The Bertz CT molecular complexity index is 834. The Balaban J connectivity index is 1.77. The van der Waals surface area contributed by atoms with Gasteiger partial charge in [0.1, 0.15) is 11.9 Å². The SMILES string of the molecule is CN1Cc2cc(C(=O)NCc3ncc[nH]3)ccc2NC(CC(=O)O)C1=O. The van der Waals surface area contributed by atoms with Gasteiger partial charge in [0.05, 0.1) is 13.0 Å². The van der Waals surface area contributed by atoms with Crippen LogP contribution in [0.4, 0.5) is 5.69 Å². The number of anilines is 1. The highest BCUT2D eigenvalue weighted by atomic mass is 16.4. The number of amides is 2. The summed E-state index contributed by atoms with van der Waals surface area (Å²) in [6.07, 6.45) is 2.97. The Kier molecular flexibility index (Phi) is 4.87. The van der Waals surface area contributed by atoms with Crippen LogP contribution in [0, 0.1) is 0 Å². The molecular weight excluding hydrogens is 338 g/mol. The van der Waals surface area contributed by atoms with Crippen molar-refractivity contribution in [2.45, 2.75) is 25.6 Å². The van der Waals surface area contributed by atoms with Gasteiger partial charge in [0.15, 0.2) is 0 Å². The predicted molar refractivity (Wildman–Crippen MR) is 92.3 cm³/mol. The lowest BCUT2D eigenvalue weighted by Gasteiger charge is -2.19. The Morgan fingerprint density at radius 2 is 2.23 bits per heavy atom. The zero-order valence-corrected chi connectivity index (χ0v) is 14.2. The number of aliphatic carboxylic acids is 1. The van der Waals surface area contributed by atoms with Gasteiger partial charge < -0.3 is 25.6 Å². The third-order valence-electron chi connectivity index (χ3n) is 4.13. The van der Waals surface area contributed by atoms with Gasteiger partial charge in [0.2, 0.25) is 5.91 Å². The zero-order valence-electron chi connectivity index (χ0n) is 14.2. The number of carbonyl (C=O) groups is 3. The maximum absolute atomic E-state index is 12.3. The molecule has 3 rings (SSSR count). The number of carboxylic acids is 1. The number of aromatic nitrogens is 2. The van der Waals surface area contributed by atoms with Gasteiger partial charge >= 0.3 is 5.97 Å². The smallest absolute Gasteiger partial charge is 0.305 e. The van der Waals surface area contributed by atoms with Crippen molar-refractivity contribution >= 4 is 23.5 Å². The molecule has 1 aliphatic rings. The van der Waals surface area contributed by atoms with Crippen molar-refractivity contribution < 1.29 is 19.5 Å². The highest BCUT2D eigenvalue weighted by molar-refractivity contribution is 5.95. The molecule has 1 aromatic heterocycles. The second kappa shape index (κ2) is 7.26. The van der Waals surface area contributed by atoms with E-state index in [1.807, 2.05) is 0 Å². The average Bonchev–Trinajstić information content (AvgIpc) is 3.09. The summed E-state index contributed by atoms with van der Waals surface area (Å²) >= 11 is 0. The fraction of sp³-hybridized carbons (Fsp3) is 0.294. The van der Waals surface area contributed by atoms with E-state index in [1.165, 1.54) is 4.90 Å². The lowest BCUT2D eigenvalue weighted by molar-refractivity contribution is -0.141. The number of aromatic amines is 1. The molecule has 4 N–H and O–H groups in total. The van der Waals surface area contributed by atoms with Crippen LogP contribution in [-0.4, -0.2) is 50.8 Å². The van der Waals surface area contributed by atoms with Crippen molar-refractivity contribution in [2.24, 2.45) is 0 Å². The molecule has 9 heteroatoms. The van der Waals surface area contributed by atoms with E-state index in [4.69, 9.17) is 5.11 Å². The van der Waals surface area contributed by atoms with E-state index in [-0.39, 0.29) is 31.3 Å². The predicted octanol–water partition coefficient (Wildman–Crippen LogP) is 0.567. The minimum absolute atomic E-state index is 0.260. The van der Waals surface area contributed by atoms with Crippen LogP contribution in [0.15, 0.2) is 30.6 Å². The molecule has 26 heavy (non-hydrogen) atoms.